The topological polar surface area (TPSA) is 20.2 Å². The van der Waals surface area contributed by atoms with Crippen molar-refractivity contribution in [3.63, 3.8) is 0 Å². The summed E-state index contributed by atoms with van der Waals surface area (Å²) in [5.74, 6) is 0. The van der Waals surface area contributed by atoms with E-state index in [0.717, 1.165) is 24.8 Å². The Bertz CT molecular complexity index is 459. The van der Waals surface area contributed by atoms with E-state index in [4.69, 9.17) is 0 Å². The van der Waals surface area contributed by atoms with Crippen molar-refractivity contribution < 1.29 is 5.11 Å². The van der Waals surface area contributed by atoms with Crippen LogP contribution in [0.3, 0.4) is 0 Å². The molecule has 94 valence electrons. The van der Waals surface area contributed by atoms with Gasteiger partial charge >= 0.3 is 0 Å². The minimum Gasteiger partial charge on any atom is -0.388 e. The predicted molar refractivity (Wildman–Crippen MR) is 76.4 cm³/mol. The quantitative estimate of drug-likeness (QED) is 0.811. The Hall–Kier alpha value is -1.60. The van der Waals surface area contributed by atoms with E-state index in [9.17, 15) is 5.11 Å². The Kier molecular flexibility index (Phi) is 4.54. The Labute approximate surface area is 109 Å². The normalized spacial score (nSPS) is 12.3. The number of aliphatic hydroxyl groups excluding tert-OH is 1. The molecule has 0 saturated heterocycles. The highest BCUT2D eigenvalue weighted by Crippen LogP contribution is 2.24. The number of rotatable bonds is 5. The van der Waals surface area contributed by atoms with Crippen molar-refractivity contribution in [1.82, 2.24) is 0 Å². The molecule has 0 radical (unpaired) electrons. The SMILES string of the molecule is CCCC[C@@H](O)c1ccc(-c2ccccc2)cc1. The van der Waals surface area contributed by atoms with Gasteiger partial charge in [-0.25, -0.2) is 0 Å². The Morgan fingerprint density at radius 1 is 0.889 bits per heavy atom. The molecule has 1 N–H and O–H groups in total. The lowest BCUT2D eigenvalue weighted by molar-refractivity contribution is 0.164. The number of unbranched alkanes of at least 4 members (excludes halogenated alkanes) is 1. The van der Waals surface area contributed by atoms with Crippen molar-refractivity contribution in [2.24, 2.45) is 0 Å². The molecule has 0 aliphatic rings. The summed E-state index contributed by atoms with van der Waals surface area (Å²) in [6.45, 7) is 2.14. The molecule has 0 unspecified atom stereocenters. The first-order chi connectivity index (χ1) is 8.81. The minimum absolute atomic E-state index is 0.324. The zero-order valence-electron chi connectivity index (χ0n) is 10.8. The second-order valence-electron chi connectivity index (χ2n) is 4.65. The fraction of sp³-hybridized carbons (Fsp3) is 0.294. The molecule has 0 aliphatic heterocycles. The number of aliphatic hydroxyl groups is 1. The summed E-state index contributed by atoms with van der Waals surface area (Å²) in [7, 11) is 0. The van der Waals surface area contributed by atoms with Crippen LogP contribution in [0.25, 0.3) is 11.1 Å². The van der Waals surface area contributed by atoms with Crippen molar-refractivity contribution in [3.8, 4) is 11.1 Å². The molecule has 0 aliphatic carbocycles. The monoisotopic (exact) mass is 240 g/mol. The van der Waals surface area contributed by atoms with E-state index >= 15 is 0 Å². The van der Waals surface area contributed by atoms with Gasteiger partial charge in [-0.3, -0.25) is 0 Å². The Morgan fingerprint density at radius 3 is 2.11 bits per heavy atom. The summed E-state index contributed by atoms with van der Waals surface area (Å²) >= 11 is 0. The van der Waals surface area contributed by atoms with Gasteiger partial charge in [-0.15, -0.1) is 0 Å². The van der Waals surface area contributed by atoms with Crippen LogP contribution in [0.4, 0.5) is 0 Å². The van der Waals surface area contributed by atoms with Crippen LogP contribution in [0.5, 0.6) is 0 Å². The average molecular weight is 240 g/mol. The van der Waals surface area contributed by atoms with Gasteiger partial charge in [0.25, 0.3) is 0 Å². The summed E-state index contributed by atoms with van der Waals surface area (Å²) in [5.41, 5.74) is 3.43. The standard InChI is InChI=1S/C17H20O/c1-2-3-9-17(18)16-12-10-15(11-13-16)14-7-5-4-6-8-14/h4-8,10-13,17-18H,2-3,9H2,1H3/t17-/m1/s1. The van der Waals surface area contributed by atoms with Gasteiger partial charge < -0.3 is 5.11 Å². The average Bonchev–Trinajstić information content (AvgIpc) is 2.46. The summed E-state index contributed by atoms with van der Waals surface area (Å²) in [4.78, 5) is 0. The highest BCUT2D eigenvalue weighted by atomic mass is 16.3. The first-order valence-corrected chi connectivity index (χ1v) is 6.64. The van der Waals surface area contributed by atoms with Gasteiger partial charge in [0.1, 0.15) is 0 Å². The van der Waals surface area contributed by atoms with Gasteiger partial charge in [0.15, 0.2) is 0 Å². The lowest BCUT2D eigenvalue weighted by Gasteiger charge is -2.11. The van der Waals surface area contributed by atoms with Crippen LogP contribution in [0.15, 0.2) is 54.6 Å². The fourth-order valence-electron chi connectivity index (χ4n) is 2.09. The fourth-order valence-corrected chi connectivity index (χ4v) is 2.09. The van der Waals surface area contributed by atoms with E-state index in [2.05, 4.69) is 31.2 Å². The van der Waals surface area contributed by atoms with Crippen molar-refractivity contribution in [2.45, 2.75) is 32.3 Å². The van der Waals surface area contributed by atoms with Crippen LogP contribution in [-0.4, -0.2) is 5.11 Å². The van der Waals surface area contributed by atoms with E-state index in [1.165, 1.54) is 11.1 Å². The smallest absolute Gasteiger partial charge is 0.0790 e. The number of benzene rings is 2. The maximum atomic E-state index is 10.0. The summed E-state index contributed by atoms with van der Waals surface area (Å²) in [5, 5.41) is 10.0. The van der Waals surface area contributed by atoms with Gasteiger partial charge in [0.05, 0.1) is 6.10 Å². The van der Waals surface area contributed by atoms with Crippen molar-refractivity contribution in [2.75, 3.05) is 0 Å². The van der Waals surface area contributed by atoms with Crippen LogP contribution >= 0.6 is 0 Å². The van der Waals surface area contributed by atoms with Gasteiger partial charge in [-0.05, 0) is 23.1 Å². The van der Waals surface area contributed by atoms with Crippen molar-refractivity contribution >= 4 is 0 Å². The predicted octanol–water partition coefficient (Wildman–Crippen LogP) is 4.58. The van der Waals surface area contributed by atoms with Crippen LogP contribution in [0.1, 0.15) is 37.9 Å². The largest absolute Gasteiger partial charge is 0.388 e. The van der Waals surface area contributed by atoms with E-state index in [0.29, 0.717) is 0 Å². The van der Waals surface area contributed by atoms with E-state index in [1.807, 2.05) is 30.3 Å². The van der Waals surface area contributed by atoms with E-state index in [1.54, 1.807) is 0 Å². The second-order valence-corrected chi connectivity index (χ2v) is 4.65. The van der Waals surface area contributed by atoms with Crippen molar-refractivity contribution in [3.05, 3.63) is 60.2 Å². The van der Waals surface area contributed by atoms with Gasteiger partial charge in [0, 0.05) is 0 Å². The Morgan fingerprint density at radius 2 is 1.50 bits per heavy atom. The molecule has 1 atom stereocenters. The van der Waals surface area contributed by atoms with Gasteiger partial charge in [-0.1, -0.05) is 74.4 Å². The molecule has 0 amide bonds. The van der Waals surface area contributed by atoms with Crippen LogP contribution in [0, 0.1) is 0 Å². The highest BCUT2D eigenvalue weighted by Gasteiger charge is 2.06. The molecular formula is C17H20O. The summed E-state index contributed by atoms with van der Waals surface area (Å²) in [6.07, 6.45) is 2.72. The number of hydrogen-bond donors (Lipinski definition) is 1. The molecular weight excluding hydrogens is 220 g/mol. The molecule has 0 fully saturated rings. The van der Waals surface area contributed by atoms with Crippen molar-refractivity contribution in [1.29, 1.82) is 0 Å². The lowest BCUT2D eigenvalue weighted by Crippen LogP contribution is -1.96. The Balaban J connectivity index is 2.10. The molecule has 1 nitrogen and oxygen atoms in total. The maximum absolute atomic E-state index is 10.0. The van der Waals surface area contributed by atoms with Crippen LogP contribution in [0.2, 0.25) is 0 Å². The lowest BCUT2D eigenvalue weighted by atomic mass is 10.00. The maximum Gasteiger partial charge on any atom is 0.0790 e. The van der Waals surface area contributed by atoms with E-state index < -0.39 is 0 Å². The third-order valence-electron chi connectivity index (χ3n) is 3.23. The highest BCUT2D eigenvalue weighted by molar-refractivity contribution is 5.63. The van der Waals surface area contributed by atoms with Gasteiger partial charge in [-0.2, -0.15) is 0 Å². The summed E-state index contributed by atoms with van der Waals surface area (Å²) < 4.78 is 0. The molecule has 2 aromatic carbocycles. The summed E-state index contributed by atoms with van der Waals surface area (Å²) in [6, 6.07) is 18.5. The molecule has 2 rings (SSSR count). The third kappa shape index (κ3) is 3.21. The third-order valence-corrected chi connectivity index (χ3v) is 3.23. The minimum atomic E-state index is -0.324. The zero-order chi connectivity index (χ0) is 12.8. The molecule has 0 heterocycles. The second kappa shape index (κ2) is 6.36. The zero-order valence-corrected chi connectivity index (χ0v) is 10.8. The van der Waals surface area contributed by atoms with Gasteiger partial charge in [0.2, 0.25) is 0 Å². The molecule has 0 spiro atoms. The number of hydrogen-bond acceptors (Lipinski definition) is 1. The van der Waals surface area contributed by atoms with E-state index in [-0.39, 0.29) is 6.10 Å². The molecule has 18 heavy (non-hydrogen) atoms. The molecule has 0 bridgehead atoms. The molecule has 2 aromatic rings. The molecule has 0 saturated carbocycles. The van der Waals surface area contributed by atoms with Crippen LogP contribution < -0.4 is 0 Å². The molecule has 0 aromatic heterocycles. The first-order valence-electron chi connectivity index (χ1n) is 6.64. The first kappa shape index (κ1) is 12.8. The molecule has 1 heteroatoms. The van der Waals surface area contributed by atoms with Crippen LogP contribution in [-0.2, 0) is 0 Å².